The van der Waals surface area contributed by atoms with E-state index in [0.717, 1.165) is 25.7 Å². The summed E-state index contributed by atoms with van der Waals surface area (Å²) in [6, 6.07) is 0. The molecule has 0 amide bonds. The molecule has 3 fully saturated rings. The van der Waals surface area contributed by atoms with Crippen LogP contribution in [0.25, 0.3) is 0 Å². The van der Waals surface area contributed by atoms with Crippen molar-refractivity contribution in [3.05, 3.63) is 34.9 Å². The summed E-state index contributed by atoms with van der Waals surface area (Å²) < 4.78 is 12.1. The van der Waals surface area contributed by atoms with E-state index in [9.17, 15) is 24.6 Å². The summed E-state index contributed by atoms with van der Waals surface area (Å²) in [5, 5.41) is 20.2. The molecule has 0 aromatic carbocycles. The fourth-order valence-electron chi connectivity index (χ4n) is 8.57. The van der Waals surface area contributed by atoms with E-state index in [-0.39, 0.29) is 29.6 Å². The zero-order valence-corrected chi connectivity index (χ0v) is 25.6. The Bertz CT molecular complexity index is 1180. The number of rotatable bonds is 5. The highest BCUT2D eigenvalue weighted by atomic mass is 16.6. The van der Waals surface area contributed by atoms with Crippen LogP contribution in [0.5, 0.6) is 0 Å². The van der Waals surface area contributed by atoms with Gasteiger partial charge in [-0.25, -0.2) is 9.59 Å². The number of allylic oxidation sites excluding steroid dienone is 2. The predicted molar refractivity (Wildman–Crippen MR) is 154 cm³/mol. The highest BCUT2D eigenvalue weighted by Gasteiger charge is 2.62. The zero-order valence-electron chi connectivity index (χ0n) is 25.6. The molecule has 7 nitrogen and oxygen atoms in total. The topological polar surface area (TPSA) is 110 Å². The Balaban J connectivity index is 1.47. The number of carbonyl (C=O) groups is 3. The number of aliphatic hydroxyl groups is 2. The Labute approximate surface area is 244 Å². The molecule has 2 N–H and O–H groups in total. The molecular weight excluding hydrogens is 520 g/mol. The molecule has 1 aliphatic heterocycles. The van der Waals surface area contributed by atoms with Gasteiger partial charge in [-0.2, -0.15) is 0 Å². The summed E-state index contributed by atoms with van der Waals surface area (Å²) in [6.07, 6.45) is 10.6. The molecule has 0 radical (unpaired) electrons. The molecule has 0 aromatic heterocycles. The largest absolute Gasteiger partial charge is 0.458 e. The van der Waals surface area contributed by atoms with Crippen molar-refractivity contribution < 1.29 is 34.1 Å². The smallest absolute Gasteiger partial charge is 0.338 e. The van der Waals surface area contributed by atoms with E-state index in [4.69, 9.17) is 9.47 Å². The first-order valence-corrected chi connectivity index (χ1v) is 15.7. The third-order valence-corrected chi connectivity index (χ3v) is 11.6. The van der Waals surface area contributed by atoms with Gasteiger partial charge in [-0.05, 0) is 81.1 Å². The molecule has 226 valence electrons. The lowest BCUT2D eigenvalue weighted by molar-refractivity contribution is -0.157. The first-order chi connectivity index (χ1) is 19.3. The molecule has 0 bridgehead atoms. The number of ether oxygens (including phenoxy) is 2. The Kier molecular flexibility index (Phi) is 7.95. The molecular formula is C34H48O7. The average molecular weight is 569 g/mol. The van der Waals surface area contributed by atoms with Crippen LogP contribution < -0.4 is 0 Å². The van der Waals surface area contributed by atoms with Gasteiger partial charge in [0.05, 0.1) is 23.7 Å². The van der Waals surface area contributed by atoms with Crippen LogP contribution in [0.1, 0.15) is 92.9 Å². The second-order valence-corrected chi connectivity index (χ2v) is 14.3. The van der Waals surface area contributed by atoms with Crippen LogP contribution in [0.2, 0.25) is 0 Å². The van der Waals surface area contributed by atoms with Crippen molar-refractivity contribution >= 4 is 17.7 Å². The van der Waals surface area contributed by atoms with Gasteiger partial charge in [-0.3, -0.25) is 4.79 Å². The van der Waals surface area contributed by atoms with Gasteiger partial charge in [0.25, 0.3) is 0 Å². The maximum absolute atomic E-state index is 14.6. The number of esters is 2. The van der Waals surface area contributed by atoms with Crippen LogP contribution in [0, 0.1) is 40.4 Å². The van der Waals surface area contributed by atoms with Gasteiger partial charge < -0.3 is 19.7 Å². The van der Waals surface area contributed by atoms with E-state index in [0.29, 0.717) is 54.2 Å². The van der Waals surface area contributed by atoms with Crippen molar-refractivity contribution in [3.63, 3.8) is 0 Å². The number of ketones is 1. The van der Waals surface area contributed by atoms with E-state index in [1.165, 1.54) is 0 Å². The first-order valence-electron chi connectivity index (χ1n) is 15.7. The van der Waals surface area contributed by atoms with Crippen LogP contribution in [0.3, 0.4) is 0 Å². The van der Waals surface area contributed by atoms with E-state index in [1.807, 2.05) is 13.0 Å². The monoisotopic (exact) mass is 568 g/mol. The molecule has 4 aliphatic carbocycles. The lowest BCUT2D eigenvalue weighted by Gasteiger charge is -2.45. The van der Waals surface area contributed by atoms with Crippen LogP contribution >= 0.6 is 0 Å². The fourth-order valence-corrected chi connectivity index (χ4v) is 8.57. The Morgan fingerprint density at radius 3 is 2.44 bits per heavy atom. The summed E-state index contributed by atoms with van der Waals surface area (Å²) in [5.41, 5.74) is -0.443. The minimum absolute atomic E-state index is 0.0246. The van der Waals surface area contributed by atoms with Gasteiger partial charge in [0.1, 0.15) is 17.5 Å². The highest BCUT2D eigenvalue weighted by Crippen LogP contribution is 2.66. The summed E-state index contributed by atoms with van der Waals surface area (Å²) >= 11 is 0. The first kappa shape index (κ1) is 30.2. The predicted octanol–water partition coefficient (Wildman–Crippen LogP) is 5.24. The lowest BCUT2D eigenvalue weighted by Crippen LogP contribution is -2.48. The lowest BCUT2D eigenvalue weighted by atomic mass is 9.60. The minimum Gasteiger partial charge on any atom is -0.458 e. The molecule has 8 atom stereocenters. The standard InChI is InChI=1S/C34H48O7/c1-19-10-13-33(17-27(19)40-31(39)28-21(3)30(38)41-34(28)11-8-7-9-12-34)20(2)14-25-26(32(25,5)6)16-23(29(33)37)15-24(18-35)22(4)36/h10,13,15,19-20,22-23,25-27,35-36H,7-9,11-12,14,16-18H2,1-6H3/b24-15-/t19?,20-,22?,23?,25?,26+,27?,33?/m1/s1. The number of fused-ring (bicyclic) bond motifs is 1. The van der Waals surface area contributed by atoms with Gasteiger partial charge in [0.2, 0.25) is 0 Å². The van der Waals surface area contributed by atoms with Gasteiger partial charge in [0.15, 0.2) is 0 Å². The summed E-state index contributed by atoms with van der Waals surface area (Å²) in [7, 11) is 0. The van der Waals surface area contributed by atoms with Crippen molar-refractivity contribution in [2.75, 3.05) is 6.61 Å². The molecule has 1 heterocycles. The second kappa shape index (κ2) is 10.8. The highest BCUT2D eigenvalue weighted by molar-refractivity contribution is 6.05. The molecule has 41 heavy (non-hydrogen) atoms. The quantitative estimate of drug-likeness (QED) is 0.345. The zero-order chi connectivity index (χ0) is 29.9. The van der Waals surface area contributed by atoms with Crippen LogP contribution in [-0.2, 0) is 23.9 Å². The second-order valence-electron chi connectivity index (χ2n) is 14.3. The molecule has 7 heteroatoms. The number of hydrogen-bond acceptors (Lipinski definition) is 7. The summed E-state index contributed by atoms with van der Waals surface area (Å²) in [4.78, 5) is 41.0. The van der Waals surface area contributed by atoms with Gasteiger partial charge in [-0.1, -0.05) is 52.3 Å². The number of Topliss-reactive ketones (excluding diaryl/α,β-unsaturated/α-hetero) is 1. The summed E-state index contributed by atoms with van der Waals surface area (Å²) in [6.45, 7) is 11.6. The van der Waals surface area contributed by atoms with Crippen LogP contribution in [0.4, 0.5) is 0 Å². The molecule has 6 unspecified atom stereocenters. The summed E-state index contributed by atoms with van der Waals surface area (Å²) in [5.74, 6) is -0.503. The van der Waals surface area contributed by atoms with Crippen LogP contribution in [0.15, 0.2) is 34.9 Å². The fraction of sp³-hybridized carbons (Fsp3) is 0.735. The maximum Gasteiger partial charge on any atom is 0.338 e. The van der Waals surface area contributed by atoms with Crippen molar-refractivity contribution in [1.29, 1.82) is 0 Å². The van der Waals surface area contributed by atoms with Crippen molar-refractivity contribution in [1.82, 2.24) is 0 Å². The Morgan fingerprint density at radius 1 is 1.15 bits per heavy atom. The van der Waals surface area contributed by atoms with E-state index < -0.39 is 41.1 Å². The third-order valence-electron chi connectivity index (χ3n) is 11.6. The van der Waals surface area contributed by atoms with E-state index >= 15 is 0 Å². The number of carbonyl (C=O) groups excluding carboxylic acids is 3. The number of aliphatic hydroxyl groups excluding tert-OH is 2. The Morgan fingerprint density at radius 2 is 1.80 bits per heavy atom. The van der Waals surface area contributed by atoms with Gasteiger partial charge in [0, 0.05) is 23.8 Å². The average Bonchev–Trinajstić information content (AvgIpc) is 3.32. The van der Waals surface area contributed by atoms with Crippen molar-refractivity contribution in [2.45, 2.75) is 111 Å². The van der Waals surface area contributed by atoms with Gasteiger partial charge >= 0.3 is 11.9 Å². The minimum atomic E-state index is -0.893. The molecule has 3 saturated carbocycles. The molecule has 5 aliphatic rings. The van der Waals surface area contributed by atoms with Crippen molar-refractivity contribution in [3.8, 4) is 0 Å². The number of hydrogen-bond donors (Lipinski definition) is 2. The van der Waals surface area contributed by atoms with Crippen LogP contribution in [-0.4, -0.2) is 52.4 Å². The maximum atomic E-state index is 14.6. The Hall–Kier alpha value is -2.25. The molecule has 5 rings (SSSR count). The molecule has 0 aromatic rings. The van der Waals surface area contributed by atoms with E-state index in [1.54, 1.807) is 19.9 Å². The van der Waals surface area contributed by atoms with Crippen molar-refractivity contribution in [2.24, 2.45) is 40.4 Å². The normalized spacial score (nSPS) is 38.8. The van der Waals surface area contributed by atoms with E-state index in [2.05, 4.69) is 26.8 Å². The molecule has 2 spiro atoms. The SMILES string of the molecule is CC1=C(C(=O)OC2CC3(C=CC2C)C(=O)C(/C=C(/CO)C(C)O)C[C@H]2C(C[C@H]3C)C2(C)C)C2(CCCCC2)OC1=O. The molecule has 0 saturated heterocycles. The van der Waals surface area contributed by atoms with Gasteiger partial charge in [-0.15, -0.1) is 0 Å². The third kappa shape index (κ3) is 5.05.